The van der Waals surface area contributed by atoms with Gasteiger partial charge in [0.2, 0.25) is 0 Å². The molecular formula is C7H10N2S. The van der Waals surface area contributed by atoms with Crippen LogP contribution >= 0.6 is 10.5 Å². The minimum Gasteiger partial charge on any atom is -0.386 e. The van der Waals surface area contributed by atoms with E-state index in [9.17, 15) is 0 Å². The van der Waals surface area contributed by atoms with Gasteiger partial charge in [-0.15, -0.1) is 10.5 Å². The molecule has 0 bridgehead atoms. The van der Waals surface area contributed by atoms with Crippen LogP contribution in [-0.2, 0) is 0 Å². The van der Waals surface area contributed by atoms with Crippen LogP contribution in [0.15, 0.2) is 10.6 Å². The lowest BCUT2D eigenvalue weighted by Crippen LogP contribution is -2.21. The second-order valence-corrected chi connectivity index (χ2v) is 3.99. The van der Waals surface area contributed by atoms with E-state index in [0.717, 1.165) is 22.9 Å². The van der Waals surface area contributed by atoms with Gasteiger partial charge in [0.1, 0.15) is 6.07 Å². The van der Waals surface area contributed by atoms with E-state index >= 15 is 0 Å². The van der Waals surface area contributed by atoms with Crippen molar-refractivity contribution in [3.8, 4) is 6.07 Å². The number of rotatable bonds is 0. The number of hydrogen-bond donors (Lipinski definition) is 1. The number of nitrogens with zero attached hydrogens (tertiary/aromatic N) is 1. The first-order valence-electron chi connectivity index (χ1n) is 3.11. The first-order chi connectivity index (χ1) is 4.75. The second kappa shape index (κ2) is 2.89. The third kappa shape index (κ3) is 1.22. The van der Waals surface area contributed by atoms with Gasteiger partial charge >= 0.3 is 0 Å². The maximum Gasteiger partial charge on any atom is 0.107 e. The van der Waals surface area contributed by atoms with Gasteiger partial charge in [-0.1, -0.05) is 5.87 Å². The Balaban J connectivity index is 2.98. The Hall–Kier alpha value is -0.750. The largest absolute Gasteiger partial charge is 0.386 e. The standard InChI is InChI=1S/C7H10N2S/c1-6-7(5-8)10(2)4-3-9-6/h9H,2-4H2,1H3. The highest BCUT2D eigenvalue weighted by Crippen LogP contribution is 2.26. The van der Waals surface area contributed by atoms with E-state index in [2.05, 4.69) is 17.3 Å². The Morgan fingerprint density at radius 2 is 2.50 bits per heavy atom. The van der Waals surface area contributed by atoms with E-state index in [-0.39, 0.29) is 10.5 Å². The van der Waals surface area contributed by atoms with Crippen molar-refractivity contribution in [2.24, 2.45) is 0 Å². The zero-order chi connectivity index (χ0) is 7.56. The summed E-state index contributed by atoms with van der Waals surface area (Å²) < 4.78 is 0. The number of nitriles is 1. The summed E-state index contributed by atoms with van der Waals surface area (Å²) in [6, 6.07) is 2.17. The maximum absolute atomic E-state index is 8.65. The highest BCUT2D eigenvalue weighted by Gasteiger charge is 2.09. The molecule has 0 radical (unpaired) electrons. The van der Waals surface area contributed by atoms with Crippen LogP contribution in [0.25, 0.3) is 0 Å². The summed E-state index contributed by atoms with van der Waals surface area (Å²) in [6.45, 7) is 2.90. The third-order valence-electron chi connectivity index (χ3n) is 1.47. The molecule has 1 atom stereocenters. The molecule has 0 spiro atoms. The molecule has 1 heterocycles. The van der Waals surface area contributed by atoms with Crippen LogP contribution in [0, 0.1) is 11.3 Å². The Morgan fingerprint density at radius 1 is 1.80 bits per heavy atom. The Kier molecular flexibility index (Phi) is 2.13. The smallest absolute Gasteiger partial charge is 0.107 e. The minimum atomic E-state index is -0.0521. The summed E-state index contributed by atoms with van der Waals surface area (Å²) in [5, 5.41) is 11.8. The van der Waals surface area contributed by atoms with Gasteiger partial charge in [0, 0.05) is 18.0 Å². The van der Waals surface area contributed by atoms with Crippen LogP contribution < -0.4 is 5.32 Å². The molecule has 10 heavy (non-hydrogen) atoms. The van der Waals surface area contributed by atoms with Crippen LogP contribution in [0.5, 0.6) is 0 Å². The van der Waals surface area contributed by atoms with Crippen molar-refractivity contribution >= 4 is 16.4 Å². The number of allylic oxidation sites excluding steroid dienone is 2. The van der Waals surface area contributed by atoms with E-state index in [4.69, 9.17) is 5.26 Å². The van der Waals surface area contributed by atoms with Crippen LogP contribution in [0.1, 0.15) is 6.92 Å². The molecule has 54 valence electrons. The fraction of sp³-hybridized carbons (Fsp3) is 0.429. The zero-order valence-corrected chi connectivity index (χ0v) is 6.79. The molecule has 0 saturated carbocycles. The summed E-state index contributed by atoms with van der Waals surface area (Å²) in [4.78, 5) is 0.839. The maximum atomic E-state index is 8.65. The minimum absolute atomic E-state index is 0.0521. The van der Waals surface area contributed by atoms with Crippen molar-refractivity contribution in [1.82, 2.24) is 5.32 Å². The summed E-state index contributed by atoms with van der Waals surface area (Å²) >= 11 is 0. The van der Waals surface area contributed by atoms with Crippen molar-refractivity contribution in [2.75, 3.05) is 12.3 Å². The summed E-state index contributed by atoms with van der Waals surface area (Å²) in [5.74, 6) is 4.91. The lowest BCUT2D eigenvalue weighted by molar-refractivity contribution is 0.850. The summed E-state index contributed by atoms with van der Waals surface area (Å²) in [5.41, 5.74) is 1.01. The highest BCUT2D eigenvalue weighted by atomic mass is 32.2. The Morgan fingerprint density at radius 3 is 2.90 bits per heavy atom. The zero-order valence-electron chi connectivity index (χ0n) is 5.98. The fourth-order valence-electron chi connectivity index (χ4n) is 0.909. The van der Waals surface area contributed by atoms with Crippen LogP contribution in [0.2, 0.25) is 0 Å². The number of nitrogens with one attached hydrogen (secondary N) is 1. The van der Waals surface area contributed by atoms with E-state index in [1.54, 1.807) is 0 Å². The molecule has 1 unspecified atom stereocenters. The SMILES string of the molecule is C=S1CCNC(C)=C1C#N. The number of hydrogen-bond acceptors (Lipinski definition) is 2. The predicted molar refractivity (Wildman–Crippen MR) is 45.9 cm³/mol. The summed E-state index contributed by atoms with van der Waals surface area (Å²) in [6.07, 6.45) is 0. The highest BCUT2D eigenvalue weighted by molar-refractivity contribution is 8.17. The molecule has 2 nitrogen and oxygen atoms in total. The van der Waals surface area contributed by atoms with Gasteiger partial charge in [-0.3, -0.25) is 0 Å². The molecule has 1 aliphatic rings. The molecule has 1 aliphatic heterocycles. The molecule has 0 aromatic heterocycles. The van der Waals surface area contributed by atoms with Crippen molar-refractivity contribution in [3.63, 3.8) is 0 Å². The van der Waals surface area contributed by atoms with Gasteiger partial charge in [0.25, 0.3) is 0 Å². The Labute approximate surface area is 63.5 Å². The lowest BCUT2D eigenvalue weighted by atomic mass is 10.4. The summed E-state index contributed by atoms with van der Waals surface area (Å²) in [7, 11) is -0.0521. The normalized spacial score (nSPS) is 25.4. The second-order valence-electron chi connectivity index (χ2n) is 2.19. The van der Waals surface area contributed by atoms with E-state index in [0.29, 0.717) is 0 Å². The van der Waals surface area contributed by atoms with E-state index in [1.807, 2.05) is 6.92 Å². The van der Waals surface area contributed by atoms with Crippen molar-refractivity contribution < 1.29 is 0 Å². The quantitative estimate of drug-likeness (QED) is 0.529. The molecule has 3 heteroatoms. The molecular weight excluding hydrogens is 144 g/mol. The molecule has 1 N–H and O–H groups in total. The molecule has 0 aromatic carbocycles. The van der Waals surface area contributed by atoms with Crippen LogP contribution in [0.3, 0.4) is 0 Å². The third-order valence-corrected chi connectivity index (χ3v) is 3.14. The van der Waals surface area contributed by atoms with Gasteiger partial charge in [-0.2, -0.15) is 5.26 Å². The molecule has 0 fully saturated rings. The van der Waals surface area contributed by atoms with Crippen molar-refractivity contribution in [3.05, 3.63) is 10.6 Å². The first-order valence-corrected chi connectivity index (χ1v) is 4.67. The average molecular weight is 154 g/mol. The van der Waals surface area contributed by atoms with E-state index in [1.165, 1.54) is 0 Å². The Bertz CT molecular complexity index is 234. The van der Waals surface area contributed by atoms with Gasteiger partial charge in [-0.25, -0.2) is 0 Å². The van der Waals surface area contributed by atoms with Crippen LogP contribution in [0.4, 0.5) is 0 Å². The van der Waals surface area contributed by atoms with E-state index < -0.39 is 0 Å². The van der Waals surface area contributed by atoms with Gasteiger partial charge in [-0.05, 0) is 6.92 Å². The first kappa shape index (κ1) is 7.36. The molecule has 0 aliphatic carbocycles. The molecule has 1 rings (SSSR count). The van der Waals surface area contributed by atoms with Gasteiger partial charge in [0.15, 0.2) is 0 Å². The van der Waals surface area contributed by atoms with Gasteiger partial charge < -0.3 is 5.32 Å². The monoisotopic (exact) mass is 154 g/mol. The molecule has 0 amide bonds. The van der Waals surface area contributed by atoms with Crippen molar-refractivity contribution in [2.45, 2.75) is 6.92 Å². The molecule has 0 saturated heterocycles. The average Bonchev–Trinajstić information content (AvgIpc) is 1.88. The van der Waals surface area contributed by atoms with Crippen molar-refractivity contribution in [1.29, 1.82) is 5.26 Å². The van der Waals surface area contributed by atoms with Gasteiger partial charge in [0.05, 0.1) is 4.91 Å². The fourth-order valence-corrected chi connectivity index (χ4v) is 2.10. The topological polar surface area (TPSA) is 35.8 Å². The van der Waals surface area contributed by atoms with Crippen LogP contribution in [-0.4, -0.2) is 18.2 Å². The predicted octanol–water partition coefficient (Wildman–Crippen LogP) is 1.05. The lowest BCUT2D eigenvalue weighted by Gasteiger charge is -2.17. The molecule has 0 aromatic rings.